The molecule has 1 N–H and O–H groups in total. The average Bonchev–Trinajstić information content (AvgIpc) is 2.82. The normalized spacial score (nSPS) is 15.6. The van der Waals surface area contributed by atoms with Crippen molar-refractivity contribution in [3.05, 3.63) is 52.6 Å². The maximum Gasteiger partial charge on any atom is 0.240 e. The lowest BCUT2D eigenvalue weighted by atomic mass is 9.92. The van der Waals surface area contributed by atoms with E-state index in [1.165, 1.54) is 5.56 Å². The molecule has 2 aromatic rings. The molecule has 0 saturated carbocycles. The minimum atomic E-state index is -3.64. The molecular formula is C24H30N2O5S. The fourth-order valence-corrected chi connectivity index (χ4v) is 5.59. The largest absolute Gasteiger partial charge is 0.493 e. The highest BCUT2D eigenvalue weighted by Crippen LogP contribution is 2.33. The molecule has 0 fully saturated rings. The number of nitrogens with one attached hydrogen (secondary N) is 1. The number of aryl methyl sites for hydroxylation is 2. The van der Waals surface area contributed by atoms with Crippen molar-refractivity contribution in [2.75, 3.05) is 27.3 Å². The maximum absolute atomic E-state index is 12.7. The van der Waals surface area contributed by atoms with Crippen LogP contribution in [0.1, 0.15) is 41.5 Å². The van der Waals surface area contributed by atoms with Gasteiger partial charge in [0.15, 0.2) is 11.5 Å². The molecule has 1 heterocycles. The monoisotopic (exact) mass is 458 g/mol. The highest BCUT2D eigenvalue weighted by molar-refractivity contribution is 7.89. The second-order valence-electron chi connectivity index (χ2n) is 8.33. The summed E-state index contributed by atoms with van der Waals surface area (Å²) in [5.41, 5.74) is 4.52. The third-order valence-corrected chi connectivity index (χ3v) is 7.79. The van der Waals surface area contributed by atoms with Gasteiger partial charge >= 0.3 is 0 Å². The van der Waals surface area contributed by atoms with Crippen molar-refractivity contribution in [1.82, 2.24) is 9.62 Å². The van der Waals surface area contributed by atoms with E-state index in [0.29, 0.717) is 24.6 Å². The first kappa shape index (κ1) is 22.6. The molecule has 0 spiro atoms. The minimum absolute atomic E-state index is 0.0708. The van der Waals surface area contributed by atoms with E-state index in [1.54, 1.807) is 31.3 Å². The van der Waals surface area contributed by atoms with E-state index in [4.69, 9.17) is 9.47 Å². The van der Waals surface area contributed by atoms with Gasteiger partial charge in [0, 0.05) is 26.1 Å². The van der Waals surface area contributed by atoms with Crippen LogP contribution < -0.4 is 14.2 Å². The molecule has 0 aromatic heterocycles. The van der Waals surface area contributed by atoms with Crippen LogP contribution in [0.3, 0.4) is 0 Å². The molecule has 2 aromatic carbocycles. The first-order valence-corrected chi connectivity index (χ1v) is 12.5. The minimum Gasteiger partial charge on any atom is -0.493 e. The molecule has 4 rings (SSSR count). The summed E-state index contributed by atoms with van der Waals surface area (Å²) in [6.07, 6.45) is 5.02. The number of rotatable bonds is 7. The number of methoxy groups -OCH3 is 2. The van der Waals surface area contributed by atoms with Crippen molar-refractivity contribution in [3.63, 3.8) is 0 Å². The zero-order valence-corrected chi connectivity index (χ0v) is 19.5. The number of benzene rings is 2. The van der Waals surface area contributed by atoms with Crippen LogP contribution in [0.4, 0.5) is 0 Å². The standard InChI is InChI=1S/C24H30N2O5S/c1-30-22-14-19-10-12-26(16-20(19)15-23(22)31-2)24(27)9-11-25-32(28,29)21-8-7-17-5-3-4-6-18(17)13-21/h7-8,13-15,25H,3-6,9-12,16H2,1-2H3. The fourth-order valence-electron chi connectivity index (χ4n) is 4.51. The van der Waals surface area contributed by atoms with E-state index in [-0.39, 0.29) is 23.8 Å². The van der Waals surface area contributed by atoms with E-state index >= 15 is 0 Å². The zero-order chi connectivity index (χ0) is 22.7. The Hall–Kier alpha value is -2.58. The van der Waals surface area contributed by atoms with Gasteiger partial charge in [-0.1, -0.05) is 6.07 Å². The van der Waals surface area contributed by atoms with Gasteiger partial charge in [0.2, 0.25) is 15.9 Å². The van der Waals surface area contributed by atoms with Gasteiger partial charge < -0.3 is 14.4 Å². The molecule has 0 saturated heterocycles. The SMILES string of the molecule is COc1cc2c(cc1OC)CN(C(=O)CCNS(=O)(=O)c1ccc3c(c1)CCCC3)CC2. The fraction of sp³-hybridized carbons (Fsp3) is 0.458. The molecule has 8 heteroatoms. The van der Waals surface area contributed by atoms with Crippen molar-refractivity contribution in [1.29, 1.82) is 0 Å². The lowest BCUT2D eigenvalue weighted by Crippen LogP contribution is -2.38. The van der Waals surface area contributed by atoms with Gasteiger partial charge in [0.1, 0.15) is 0 Å². The Bertz CT molecular complexity index is 1110. The second kappa shape index (κ2) is 9.50. The summed E-state index contributed by atoms with van der Waals surface area (Å²) in [6, 6.07) is 9.23. The van der Waals surface area contributed by atoms with Crippen LogP contribution in [-0.2, 0) is 40.6 Å². The van der Waals surface area contributed by atoms with E-state index in [1.807, 2.05) is 18.2 Å². The quantitative estimate of drug-likeness (QED) is 0.690. The van der Waals surface area contributed by atoms with Gasteiger partial charge in [0.25, 0.3) is 0 Å². The predicted molar refractivity (Wildman–Crippen MR) is 122 cm³/mol. The number of carbonyl (C=O) groups is 1. The number of carbonyl (C=O) groups excluding carboxylic acids is 1. The second-order valence-corrected chi connectivity index (χ2v) is 10.1. The van der Waals surface area contributed by atoms with E-state index < -0.39 is 10.0 Å². The van der Waals surface area contributed by atoms with Crippen LogP contribution in [0.5, 0.6) is 11.5 Å². The molecule has 1 aliphatic carbocycles. The first-order valence-electron chi connectivity index (χ1n) is 11.0. The molecule has 32 heavy (non-hydrogen) atoms. The number of fused-ring (bicyclic) bond motifs is 2. The van der Waals surface area contributed by atoms with Crippen LogP contribution in [0.25, 0.3) is 0 Å². The Morgan fingerprint density at radius 1 is 0.938 bits per heavy atom. The predicted octanol–water partition coefficient (Wildman–Crippen LogP) is 2.84. The van der Waals surface area contributed by atoms with Crippen molar-refractivity contribution in [2.24, 2.45) is 0 Å². The number of ether oxygens (including phenoxy) is 2. The third kappa shape index (κ3) is 4.76. The Labute approximate surface area is 189 Å². The molecule has 172 valence electrons. The molecule has 0 atom stereocenters. The highest BCUT2D eigenvalue weighted by atomic mass is 32.2. The number of sulfonamides is 1. The Balaban J connectivity index is 1.35. The molecule has 0 unspecified atom stereocenters. The molecule has 7 nitrogen and oxygen atoms in total. The van der Waals surface area contributed by atoms with Crippen LogP contribution in [-0.4, -0.2) is 46.5 Å². The van der Waals surface area contributed by atoms with Crippen LogP contribution in [0.2, 0.25) is 0 Å². The number of amides is 1. The maximum atomic E-state index is 12.7. The molecule has 1 aliphatic heterocycles. The van der Waals surface area contributed by atoms with Crippen LogP contribution >= 0.6 is 0 Å². The van der Waals surface area contributed by atoms with E-state index in [2.05, 4.69) is 4.72 Å². The number of nitrogens with zero attached hydrogens (tertiary/aromatic N) is 1. The van der Waals surface area contributed by atoms with Gasteiger partial charge in [-0.15, -0.1) is 0 Å². The van der Waals surface area contributed by atoms with Gasteiger partial charge in [-0.25, -0.2) is 13.1 Å². The number of hydrogen-bond acceptors (Lipinski definition) is 5. The topological polar surface area (TPSA) is 84.9 Å². The van der Waals surface area contributed by atoms with Crippen LogP contribution in [0, 0.1) is 0 Å². The van der Waals surface area contributed by atoms with E-state index in [9.17, 15) is 13.2 Å². The smallest absolute Gasteiger partial charge is 0.240 e. The Kier molecular flexibility index (Phi) is 6.71. The summed E-state index contributed by atoms with van der Waals surface area (Å²) in [5.74, 6) is 1.25. The highest BCUT2D eigenvalue weighted by Gasteiger charge is 2.24. The summed E-state index contributed by atoms with van der Waals surface area (Å²) < 4.78 is 38.7. The summed E-state index contributed by atoms with van der Waals surface area (Å²) in [4.78, 5) is 14.8. The Morgan fingerprint density at radius 3 is 2.31 bits per heavy atom. The zero-order valence-electron chi connectivity index (χ0n) is 18.6. The summed E-state index contributed by atoms with van der Waals surface area (Å²) >= 11 is 0. The van der Waals surface area contributed by atoms with Gasteiger partial charge in [-0.05, 0) is 78.6 Å². The van der Waals surface area contributed by atoms with E-state index in [0.717, 1.165) is 48.8 Å². The number of hydrogen-bond donors (Lipinski definition) is 1. The molecule has 2 aliphatic rings. The van der Waals surface area contributed by atoms with Crippen molar-refractivity contribution in [2.45, 2.75) is 50.0 Å². The lowest BCUT2D eigenvalue weighted by molar-refractivity contribution is -0.131. The van der Waals surface area contributed by atoms with Gasteiger partial charge in [0.05, 0.1) is 19.1 Å². The lowest BCUT2D eigenvalue weighted by Gasteiger charge is -2.29. The van der Waals surface area contributed by atoms with Gasteiger partial charge in [-0.2, -0.15) is 0 Å². The summed E-state index contributed by atoms with van der Waals surface area (Å²) in [5, 5.41) is 0. The first-order chi connectivity index (χ1) is 15.4. The van der Waals surface area contributed by atoms with Crippen molar-refractivity contribution in [3.8, 4) is 11.5 Å². The molecule has 0 bridgehead atoms. The third-order valence-electron chi connectivity index (χ3n) is 6.33. The molecular weight excluding hydrogens is 428 g/mol. The van der Waals surface area contributed by atoms with Gasteiger partial charge in [-0.3, -0.25) is 4.79 Å². The summed E-state index contributed by atoms with van der Waals surface area (Å²) in [7, 11) is -0.443. The average molecular weight is 459 g/mol. The Morgan fingerprint density at radius 2 is 1.59 bits per heavy atom. The van der Waals surface area contributed by atoms with Crippen molar-refractivity contribution >= 4 is 15.9 Å². The summed E-state index contributed by atoms with van der Waals surface area (Å²) in [6.45, 7) is 1.15. The molecule has 1 amide bonds. The van der Waals surface area contributed by atoms with Crippen LogP contribution in [0.15, 0.2) is 35.2 Å². The molecule has 0 radical (unpaired) electrons. The van der Waals surface area contributed by atoms with Crippen molar-refractivity contribution < 1.29 is 22.7 Å².